The molecular weight excluding hydrogens is 150 g/mol. The second-order valence-electron chi connectivity index (χ2n) is 2.44. The number of rotatable bonds is 3. The van der Waals surface area contributed by atoms with Gasteiger partial charge in [0.1, 0.15) is 0 Å². The molecule has 1 amide bonds. The van der Waals surface area contributed by atoms with E-state index in [-0.39, 0.29) is 17.7 Å². The van der Waals surface area contributed by atoms with Crippen molar-refractivity contribution in [3.05, 3.63) is 0 Å². The van der Waals surface area contributed by atoms with Crippen LogP contribution in [-0.2, 0) is 16.0 Å². The summed E-state index contributed by atoms with van der Waals surface area (Å²) in [6, 6.07) is 0.135. The highest BCUT2D eigenvalue weighted by Crippen LogP contribution is 1.84. The molecule has 1 N–H and O–H groups in total. The average Bonchev–Trinajstić information content (AvgIpc) is 1.58. The van der Waals surface area contributed by atoms with E-state index in [1.165, 1.54) is 6.26 Å². The van der Waals surface area contributed by atoms with Gasteiger partial charge >= 0.3 is 0 Å². The Balaban J connectivity index is 3.44. The van der Waals surface area contributed by atoms with Gasteiger partial charge in [0.15, 0.2) is 5.75 Å². The van der Waals surface area contributed by atoms with Gasteiger partial charge in [-0.25, -0.2) is 0 Å². The second kappa shape index (κ2) is 4.57. The van der Waals surface area contributed by atoms with Crippen molar-refractivity contribution in [1.29, 1.82) is 0 Å². The Labute approximate surface area is 64.4 Å². The van der Waals surface area contributed by atoms with Crippen LogP contribution >= 0.6 is 0 Å². The third-order valence-electron chi connectivity index (χ3n) is 0.784. The van der Waals surface area contributed by atoms with Crippen LogP contribution in [-0.4, -0.2) is 28.5 Å². The van der Waals surface area contributed by atoms with Gasteiger partial charge in [0, 0.05) is 6.04 Å². The third kappa shape index (κ3) is 5.91. The van der Waals surface area contributed by atoms with Crippen molar-refractivity contribution in [3.63, 3.8) is 0 Å². The molecule has 1 unspecified atom stereocenters. The van der Waals surface area contributed by atoms with Gasteiger partial charge in [-0.2, -0.15) is 0 Å². The van der Waals surface area contributed by atoms with Gasteiger partial charge in [-0.1, -0.05) is 0 Å². The summed E-state index contributed by atoms with van der Waals surface area (Å²) < 4.78 is 10.5. The highest BCUT2D eigenvalue weighted by atomic mass is 32.2. The summed E-state index contributed by atoms with van der Waals surface area (Å²) in [5, 5.41) is 2.64. The normalized spacial score (nSPS) is 13.3. The fraction of sp³-hybridized carbons (Fsp3) is 0.833. The van der Waals surface area contributed by atoms with E-state index in [0.717, 1.165) is 0 Å². The van der Waals surface area contributed by atoms with E-state index in [0.29, 0.717) is 0 Å². The average molecular weight is 163 g/mol. The topological polar surface area (TPSA) is 52.2 Å². The fourth-order valence-electron chi connectivity index (χ4n) is 0.548. The van der Waals surface area contributed by atoms with Crippen LogP contribution in [0.15, 0.2) is 0 Å². The molecule has 0 spiro atoms. The van der Waals surface area contributed by atoms with Gasteiger partial charge in [-0.15, -0.1) is 0 Å². The van der Waals surface area contributed by atoms with E-state index >= 15 is 0 Å². The van der Waals surface area contributed by atoms with Crippen molar-refractivity contribution in [2.45, 2.75) is 19.9 Å². The molecule has 0 heterocycles. The Hall–Kier alpha value is -0.220. The van der Waals surface area contributed by atoms with Crippen LogP contribution in [0.4, 0.5) is 0 Å². The minimum atomic E-state index is -1.02. The lowest BCUT2D eigenvalue weighted by Crippen LogP contribution is -2.34. The summed E-state index contributed by atoms with van der Waals surface area (Å²) in [5.74, 6) is -0.0334. The summed E-state index contributed by atoms with van der Waals surface area (Å²) in [4.78, 5) is 10.8. The van der Waals surface area contributed by atoms with E-state index in [1.807, 2.05) is 13.8 Å². The van der Waals surface area contributed by atoms with Crippen molar-refractivity contribution >= 4 is 17.1 Å². The first-order chi connectivity index (χ1) is 4.52. The zero-order valence-corrected chi connectivity index (χ0v) is 7.33. The fourth-order valence-corrected chi connectivity index (χ4v) is 1.00. The summed E-state index contributed by atoms with van der Waals surface area (Å²) in [5.41, 5.74) is 0. The van der Waals surface area contributed by atoms with Gasteiger partial charge in [0.05, 0.1) is 6.26 Å². The predicted octanol–water partition coefficient (Wildman–Crippen LogP) is -0.111. The molecule has 0 aromatic heterocycles. The van der Waals surface area contributed by atoms with Crippen molar-refractivity contribution in [1.82, 2.24) is 5.32 Å². The van der Waals surface area contributed by atoms with E-state index in [9.17, 15) is 9.35 Å². The lowest BCUT2D eigenvalue weighted by molar-refractivity contribution is -0.119. The predicted molar refractivity (Wildman–Crippen MR) is 42.2 cm³/mol. The van der Waals surface area contributed by atoms with Crippen molar-refractivity contribution in [2.75, 3.05) is 12.0 Å². The number of amides is 1. The minimum Gasteiger partial charge on any atom is -0.616 e. The Morgan fingerprint density at radius 1 is 1.70 bits per heavy atom. The maximum absolute atomic E-state index is 10.8. The summed E-state index contributed by atoms with van der Waals surface area (Å²) in [6.45, 7) is 3.74. The standard InChI is InChI=1S/C6H13NO2S/c1-5(2)7-6(8)4-10(3)9/h5H,4H2,1-3H3,(H,7,8). The van der Waals surface area contributed by atoms with Gasteiger partial charge in [-0.3, -0.25) is 4.79 Å². The quantitative estimate of drug-likeness (QED) is 0.590. The van der Waals surface area contributed by atoms with Crippen LogP contribution < -0.4 is 5.32 Å². The zero-order valence-electron chi connectivity index (χ0n) is 6.51. The molecule has 0 fully saturated rings. The molecule has 10 heavy (non-hydrogen) atoms. The molecule has 4 heteroatoms. The molecular formula is C6H13NO2S. The highest BCUT2D eigenvalue weighted by Gasteiger charge is 2.08. The number of carbonyl (C=O) groups excluding carboxylic acids is 1. The maximum Gasteiger partial charge on any atom is 0.270 e. The highest BCUT2D eigenvalue weighted by molar-refractivity contribution is 7.91. The molecule has 0 aliphatic carbocycles. The lowest BCUT2D eigenvalue weighted by Gasteiger charge is -2.08. The Morgan fingerprint density at radius 3 is 2.50 bits per heavy atom. The van der Waals surface area contributed by atoms with Crippen molar-refractivity contribution < 1.29 is 9.35 Å². The van der Waals surface area contributed by atoms with E-state index in [2.05, 4.69) is 5.32 Å². The first-order valence-corrected chi connectivity index (χ1v) is 4.84. The monoisotopic (exact) mass is 163 g/mol. The molecule has 0 aliphatic rings. The van der Waals surface area contributed by atoms with Gasteiger partial charge in [0.25, 0.3) is 5.91 Å². The smallest absolute Gasteiger partial charge is 0.270 e. The second-order valence-corrected chi connectivity index (χ2v) is 3.87. The van der Waals surface area contributed by atoms with Crippen LogP contribution in [0, 0.1) is 0 Å². The zero-order chi connectivity index (χ0) is 8.15. The minimum absolute atomic E-state index is 0.109. The molecule has 0 aliphatic heterocycles. The van der Waals surface area contributed by atoms with Gasteiger partial charge in [-0.05, 0) is 25.0 Å². The van der Waals surface area contributed by atoms with E-state index in [1.54, 1.807) is 0 Å². The molecule has 1 atom stereocenters. The van der Waals surface area contributed by atoms with Crippen LogP contribution in [0.3, 0.4) is 0 Å². The Bertz CT molecular complexity index is 102. The number of nitrogens with one attached hydrogen (secondary N) is 1. The number of hydrogen-bond donors (Lipinski definition) is 1. The lowest BCUT2D eigenvalue weighted by atomic mass is 10.4. The first kappa shape index (κ1) is 9.78. The largest absolute Gasteiger partial charge is 0.616 e. The molecule has 60 valence electrons. The van der Waals surface area contributed by atoms with Crippen LogP contribution in [0.5, 0.6) is 0 Å². The molecule has 0 radical (unpaired) electrons. The van der Waals surface area contributed by atoms with Crippen molar-refractivity contribution in [2.24, 2.45) is 0 Å². The SMILES string of the molecule is CC(C)NC(=O)C[S+](C)[O-]. The summed E-state index contributed by atoms with van der Waals surface area (Å²) >= 11 is -1.02. The van der Waals surface area contributed by atoms with E-state index < -0.39 is 11.2 Å². The third-order valence-corrected chi connectivity index (χ3v) is 1.45. The van der Waals surface area contributed by atoms with E-state index in [4.69, 9.17) is 0 Å². The number of hydrogen-bond acceptors (Lipinski definition) is 2. The molecule has 0 rings (SSSR count). The first-order valence-electron chi connectivity index (χ1n) is 3.11. The van der Waals surface area contributed by atoms with Crippen LogP contribution in [0.2, 0.25) is 0 Å². The molecule has 0 saturated heterocycles. The Kier molecular flexibility index (Phi) is 4.47. The maximum atomic E-state index is 10.8. The molecule has 0 bridgehead atoms. The summed E-state index contributed by atoms with van der Waals surface area (Å²) in [7, 11) is 0. The number of carbonyl (C=O) groups is 1. The molecule has 0 aromatic rings. The van der Waals surface area contributed by atoms with Gasteiger partial charge < -0.3 is 9.87 Å². The Morgan fingerprint density at radius 2 is 2.20 bits per heavy atom. The van der Waals surface area contributed by atoms with Crippen LogP contribution in [0.1, 0.15) is 13.8 Å². The van der Waals surface area contributed by atoms with Crippen LogP contribution in [0.25, 0.3) is 0 Å². The van der Waals surface area contributed by atoms with Gasteiger partial charge in [0.2, 0.25) is 0 Å². The molecule has 0 saturated carbocycles. The summed E-state index contributed by atoms with van der Waals surface area (Å²) in [6.07, 6.45) is 1.51. The molecule has 3 nitrogen and oxygen atoms in total. The van der Waals surface area contributed by atoms with Crippen molar-refractivity contribution in [3.8, 4) is 0 Å². The molecule has 0 aromatic carbocycles.